The maximum Gasteiger partial charge on any atom is 0.329 e. The minimum absolute atomic E-state index is 0.00777. The Hall–Kier alpha value is -3.85. The summed E-state index contributed by atoms with van der Waals surface area (Å²) >= 11 is 0. The Morgan fingerprint density at radius 2 is 1.91 bits per heavy atom. The Balaban J connectivity index is 1.50. The maximum atomic E-state index is 13.2. The van der Waals surface area contributed by atoms with E-state index in [0.29, 0.717) is 0 Å². The molecule has 1 atom stereocenters. The van der Waals surface area contributed by atoms with Crippen molar-refractivity contribution < 1.29 is 0 Å². The van der Waals surface area contributed by atoms with Crippen LogP contribution >= 0.6 is 0 Å². The minimum Gasteiger partial charge on any atom is -0.315 e. The van der Waals surface area contributed by atoms with E-state index in [0.717, 1.165) is 70.4 Å². The van der Waals surface area contributed by atoms with Gasteiger partial charge in [0.05, 0.1) is 40.7 Å². The lowest BCUT2D eigenvalue weighted by Crippen LogP contribution is -2.36. The molecule has 0 amide bonds. The standard InChI is InChI=1S/C24H24N8O/c1-30-14-21(28-29-30)20-8-6-16(11-26-20)15-5-7-19-18(10-15)23-22(13-27-19)31(2)24(33)32(23)17-4-3-9-25-12-17/h5-8,10-11,13-14,17,25H,3-4,9,12H2,1-2H3. The van der Waals surface area contributed by atoms with Gasteiger partial charge in [0, 0.05) is 37.8 Å². The number of nitrogens with one attached hydrogen (secondary N) is 1. The second-order valence-corrected chi connectivity index (χ2v) is 8.65. The van der Waals surface area contributed by atoms with E-state index in [1.807, 2.05) is 61.5 Å². The molecule has 1 N–H and O–H groups in total. The van der Waals surface area contributed by atoms with Gasteiger partial charge in [0.25, 0.3) is 0 Å². The number of imidazole rings is 1. The molecule has 5 aromatic rings. The number of benzene rings is 1. The molecule has 1 aliphatic rings. The van der Waals surface area contributed by atoms with Crippen LogP contribution in [0.3, 0.4) is 0 Å². The lowest BCUT2D eigenvalue weighted by molar-refractivity contribution is 0.369. The summed E-state index contributed by atoms with van der Waals surface area (Å²) in [4.78, 5) is 22.4. The zero-order valence-corrected chi connectivity index (χ0v) is 18.6. The molecule has 0 radical (unpaired) electrons. The third-order valence-electron chi connectivity index (χ3n) is 6.51. The highest BCUT2D eigenvalue weighted by Gasteiger charge is 2.23. The number of rotatable bonds is 3. The van der Waals surface area contributed by atoms with E-state index in [9.17, 15) is 4.79 Å². The van der Waals surface area contributed by atoms with Gasteiger partial charge in [0.1, 0.15) is 5.69 Å². The van der Waals surface area contributed by atoms with Gasteiger partial charge in [-0.2, -0.15) is 0 Å². The monoisotopic (exact) mass is 440 g/mol. The summed E-state index contributed by atoms with van der Waals surface area (Å²) in [5.41, 5.74) is 6.22. The van der Waals surface area contributed by atoms with Gasteiger partial charge < -0.3 is 5.32 Å². The quantitative estimate of drug-likeness (QED) is 0.463. The normalized spacial score (nSPS) is 16.6. The number of pyridine rings is 2. The van der Waals surface area contributed by atoms with Gasteiger partial charge in [0.2, 0.25) is 0 Å². The first kappa shape index (κ1) is 19.8. The van der Waals surface area contributed by atoms with Gasteiger partial charge in [-0.3, -0.25) is 23.8 Å². The number of piperidine rings is 1. The molecule has 9 heteroatoms. The number of hydrogen-bond acceptors (Lipinski definition) is 6. The molecule has 1 unspecified atom stereocenters. The molecule has 33 heavy (non-hydrogen) atoms. The molecule has 1 saturated heterocycles. The van der Waals surface area contributed by atoms with Crippen molar-refractivity contribution in [3.8, 4) is 22.5 Å². The van der Waals surface area contributed by atoms with Crippen molar-refractivity contribution in [3.05, 3.63) is 59.4 Å². The molecule has 0 bridgehead atoms. The third kappa shape index (κ3) is 3.23. The highest BCUT2D eigenvalue weighted by molar-refractivity contribution is 6.04. The summed E-state index contributed by atoms with van der Waals surface area (Å²) in [5, 5.41) is 12.5. The van der Waals surface area contributed by atoms with E-state index < -0.39 is 0 Å². The van der Waals surface area contributed by atoms with Gasteiger partial charge >= 0.3 is 5.69 Å². The fraction of sp³-hybridized carbons (Fsp3) is 0.292. The largest absolute Gasteiger partial charge is 0.329 e. The summed E-state index contributed by atoms with van der Waals surface area (Å²) in [7, 11) is 3.66. The lowest BCUT2D eigenvalue weighted by Gasteiger charge is -2.24. The van der Waals surface area contributed by atoms with Crippen molar-refractivity contribution in [2.75, 3.05) is 13.1 Å². The van der Waals surface area contributed by atoms with Crippen LogP contribution in [0.4, 0.5) is 0 Å². The molecule has 4 aromatic heterocycles. The molecule has 0 spiro atoms. The first-order valence-corrected chi connectivity index (χ1v) is 11.1. The van der Waals surface area contributed by atoms with Crippen LogP contribution in [0, 0.1) is 0 Å². The molecule has 5 heterocycles. The van der Waals surface area contributed by atoms with Crippen LogP contribution in [0.1, 0.15) is 18.9 Å². The Morgan fingerprint density at radius 1 is 1.03 bits per heavy atom. The van der Waals surface area contributed by atoms with Gasteiger partial charge in [-0.25, -0.2) is 4.79 Å². The highest BCUT2D eigenvalue weighted by atomic mass is 16.1. The van der Waals surface area contributed by atoms with Gasteiger partial charge in [-0.15, -0.1) is 5.10 Å². The van der Waals surface area contributed by atoms with Crippen molar-refractivity contribution in [1.29, 1.82) is 0 Å². The summed E-state index contributed by atoms with van der Waals surface area (Å²) in [6, 6.07) is 10.3. The number of hydrogen-bond donors (Lipinski definition) is 1. The van der Waals surface area contributed by atoms with E-state index in [-0.39, 0.29) is 11.7 Å². The van der Waals surface area contributed by atoms with Crippen molar-refractivity contribution in [2.24, 2.45) is 14.1 Å². The first-order valence-electron chi connectivity index (χ1n) is 11.1. The predicted molar refractivity (Wildman–Crippen MR) is 127 cm³/mol. The molecule has 0 saturated carbocycles. The zero-order valence-electron chi connectivity index (χ0n) is 18.6. The van der Waals surface area contributed by atoms with Crippen molar-refractivity contribution in [1.82, 2.24) is 39.4 Å². The zero-order chi connectivity index (χ0) is 22.5. The molecular formula is C24H24N8O. The van der Waals surface area contributed by atoms with Gasteiger partial charge in [0.15, 0.2) is 0 Å². The van der Waals surface area contributed by atoms with E-state index >= 15 is 0 Å². The van der Waals surface area contributed by atoms with Crippen LogP contribution in [0.15, 0.2) is 53.7 Å². The Bertz CT molecular complexity index is 1540. The van der Waals surface area contributed by atoms with E-state index in [1.54, 1.807) is 9.25 Å². The van der Waals surface area contributed by atoms with E-state index in [2.05, 4.69) is 31.7 Å². The number of nitrogens with zero attached hydrogens (tertiary/aromatic N) is 7. The SMILES string of the molecule is Cn1cc(-c2ccc(-c3ccc4ncc5c(c4c3)n(C3CCCNC3)c(=O)n5C)cn2)nn1. The maximum absolute atomic E-state index is 13.2. The number of aromatic nitrogens is 7. The molecule has 1 aliphatic heterocycles. The summed E-state index contributed by atoms with van der Waals surface area (Å²) in [5.74, 6) is 0. The van der Waals surface area contributed by atoms with E-state index in [1.165, 1.54) is 0 Å². The van der Waals surface area contributed by atoms with Crippen LogP contribution in [-0.2, 0) is 14.1 Å². The fourth-order valence-corrected chi connectivity index (χ4v) is 4.78. The second-order valence-electron chi connectivity index (χ2n) is 8.65. The fourth-order valence-electron chi connectivity index (χ4n) is 4.78. The average molecular weight is 441 g/mol. The smallest absolute Gasteiger partial charge is 0.315 e. The van der Waals surface area contributed by atoms with Crippen molar-refractivity contribution >= 4 is 21.9 Å². The summed E-state index contributed by atoms with van der Waals surface area (Å²) in [6.07, 6.45) is 7.55. The molecule has 6 rings (SSSR count). The topological polar surface area (TPSA) is 95.5 Å². The highest BCUT2D eigenvalue weighted by Crippen LogP contribution is 2.31. The van der Waals surface area contributed by atoms with Crippen LogP contribution in [-0.4, -0.2) is 47.2 Å². The lowest BCUT2D eigenvalue weighted by atomic mass is 10.0. The Labute approximate surface area is 189 Å². The molecule has 9 nitrogen and oxygen atoms in total. The van der Waals surface area contributed by atoms with Gasteiger partial charge in [-0.05, 0) is 43.1 Å². The van der Waals surface area contributed by atoms with Crippen molar-refractivity contribution in [3.63, 3.8) is 0 Å². The van der Waals surface area contributed by atoms with E-state index in [4.69, 9.17) is 0 Å². The van der Waals surface area contributed by atoms with Crippen LogP contribution in [0.5, 0.6) is 0 Å². The van der Waals surface area contributed by atoms with Crippen molar-refractivity contribution in [2.45, 2.75) is 18.9 Å². The van der Waals surface area contributed by atoms with Crippen LogP contribution in [0.2, 0.25) is 0 Å². The minimum atomic E-state index is 0.00777. The third-order valence-corrected chi connectivity index (χ3v) is 6.51. The Kier molecular flexibility index (Phi) is 4.58. The molecule has 1 aromatic carbocycles. The average Bonchev–Trinajstić information content (AvgIpc) is 3.40. The molecular weight excluding hydrogens is 416 g/mol. The molecule has 1 fully saturated rings. The predicted octanol–water partition coefficient (Wildman–Crippen LogP) is 2.67. The van der Waals surface area contributed by atoms with Crippen LogP contribution < -0.4 is 11.0 Å². The number of aryl methyl sites for hydroxylation is 2. The van der Waals surface area contributed by atoms with Crippen LogP contribution in [0.25, 0.3) is 44.5 Å². The van der Waals surface area contributed by atoms with Gasteiger partial charge in [-0.1, -0.05) is 17.3 Å². The Morgan fingerprint density at radius 3 is 2.64 bits per heavy atom. The number of fused-ring (bicyclic) bond motifs is 3. The first-order chi connectivity index (χ1) is 16.1. The summed E-state index contributed by atoms with van der Waals surface area (Å²) in [6.45, 7) is 1.80. The summed E-state index contributed by atoms with van der Waals surface area (Å²) < 4.78 is 5.33. The molecule has 166 valence electrons. The second kappa shape index (κ2) is 7.63. The molecule has 0 aliphatic carbocycles.